The molecule has 1 saturated heterocycles. The molecule has 1 aliphatic heterocycles. The van der Waals surface area contributed by atoms with Crippen molar-refractivity contribution in [1.82, 2.24) is 9.88 Å². The molecule has 5 heteroatoms. The molecule has 1 aromatic carbocycles. The van der Waals surface area contributed by atoms with Crippen molar-refractivity contribution in [3.05, 3.63) is 23.8 Å². The van der Waals surface area contributed by atoms with Crippen LogP contribution in [0.2, 0.25) is 0 Å². The summed E-state index contributed by atoms with van der Waals surface area (Å²) in [4.78, 5) is 21.5. The third kappa shape index (κ3) is 2.82. The van der Waals surface area contributed by atoms with Crippen molar-refractivity contribution in [2.24, 2.45) is 5.92 Å². The minimum atomic E-state index is 0.316. The number of rotatable bonds is 3. The maximum atomic E-state index is 12.3. The van der Waals surface area contributed by atoms with Crippen LogP contribution in [0.25, 0.3) is 10.2 Å². The Labute approximate surface area is 141 Å². The van der Waals surface area contributed by atoms with Gasteiger partial charge in [0.05, 0.1) is 10.2 Å². The van der Waals surface area contributed by atoms with Gasteiger partial charge in [0.25, 0.3) is 0 Å². The standard InChI is InChI=1S/C18H23N3OS/c1-2-13-6-7-15-16(12-13)23-18(19-15)21-10-8-20(9-11-21)17(22)14-4-3-5-14/h6-7,12,14H,2-5,8-11H2,1H3. The van der Waals surface area contributed by atoms with Crippen LogP contribution in [-0.4, -0.2) is 42.0 Å². The van der Waals surface area contributed by atoms with E-state index in [1.54, 1.807) is 11.3 Å². The number of carbonyl (C=O) groups excluding carboxylic acids is 1. The topological polar surface area (TPSA) is 36.4 Å². The molecule has 0 spiro atoms. The first-order chi connectivity index (χ1) is 11.2. The summed E-state index contributed by atoms with van der Waals surface area (Å²) < 4.78 is 1.27. The summed E-state index contributed by atoms with van der Waals surface area (Å²) in [5, 5.41) is 1.10. The van der Waals surface area contributed by atoms with Crippen LogP contribution in [0, 0.1) is 5.92 Å². The smallest absolute Gasteiger partial charge is 0.225 e. The molecule has 1 aliphatic carbocycles. The van der Waals surface area contributed by atoms with Gasteiger partial charge in [0, 0.05) is 32.1 Å². The fraction of sp³-hybridized carbons (Fsp3) is 0.556. The Hall–Kier alpha value is -1.62. The fourth-order valence-electron chi connectivity index (χ4n) is 3.34. The molecule has 1 amide bonds. The summed E-state index contributed by atoms with van der Waals surface area (Å²) in [5.41, 5.74) is 2.46. The Balaban J connectivity index is 1.44. The highest BCUT2D eigenvalue weighted by Gasteiger charge is 2.31. The van der Waals surface area contributed by atoms with Gasteiger partial charge >= 0.3 is 0 Å². The number of piperazine rings is 1. The van der Waals surface area contributed by atoms with Crippen LogP contribution in [0.5, 0.6) is 0 Å². The Kier molecular flexibility index (Phi) is 3.97. The molecule has 0 bridgehead atoms. The summed E-state index contributed by atoms with van der Waals surface area (Å²) in [6, 6.07) is 6.55. The number of anilines is 1. The van der Waals surface area contributed by atoms with Gasteiger partial charge in [0.1, 0.15) is 0 Å². The number of amides is 1. The summed E-state index contributed by atoms with van der Waals surface area (Å²) in [6.07, 6.45) is 4.47. The molecule has 0 unspecified atom stereocenters. The van der Waals surface area contributed by atoms with Crippen molar-refractivity contribution >= 4 is 32.6 Å². The number of nitrogens with zero attached hydrogens (tertiary/aromatic N) is 3. The number of benzene rings is 1. The number of carbonyl (C=O) groups is 1. The number of aryl methyl sites for hydroxylation is 1. The van der Waals surface area contributed by atoms with Crippen molar-refractivity contribution < 1.29 is 4.79 Å². The molecule has 0 N–H and O–H groups in total. The zero-order valence-electron chi connectivity index (χ0n) is 13.6. The predicted octanol–water partition coefficient (Wildman–Crippen LogP) is 3.31. The zero-order chi connectivity index (χ0) is 15.8. The molecule has 1 aromatic heterocycles. The van der Waals surface area contributed by atoms with Crippen LogP contribution in [-0.2, 0) is 11.2 Å². The molecule has 2 aliphatic rings. The lowest BCUT2D eigenvalue weighted by Gasteiger charge is -2.38. The number of aromatic nitrogens is 1. The van der Waals surface area contributed by atoms with Crippen LogP contribution in [0.1, 0.15) is 31.7 Å². The van der Waals surface area contributed by atoms with Crippen LogP contribution in [0.3, 0.4) is 0 Å². The van der Waals surface area contributed by atoms with Crippen LogP contribution < -0.4 is 4.90 Å². The second kappa shape index (κ2) is 6.11. The van der Waals surface area contributed by atoms with Gasteiger partial charge in [-0.1, -0.05) is 30.7 Å². The zero-order valence-corrected chi connectivity index (χ0v) is 14.4. The first-order valence-electron chi connectivity index (χ1n) is 8.68. The van der Waals surface area contributed by atoms with Crippen molar-refractivity contribution in [3.8, 4) is 0 Å². The first kappa shape index (κ1) is 14.9. The second-order valence-corrected chi connectivity index (χ2v) is 7.60. The molecular weight excluding hydrogens is 306 g/mol. The predicted molar refractivity (Wildman–Crippen MR) is 95.1 cm³/mol. The third-order valence-corrected chi connectivity index (χ3v) is 6.25. The van der Waals surface area contributed by atoms with Gasteiger partial charge in [-0.25, -0.2) is 4.98 Å². The number of fused-ring (bicyclic) bond motifs is 1. The third-order valence-electron chi connectivity index (χ3n) is 5.17. The molecule has 122 valence electrons. The quantitative estimate of drug-likeness (QED) is 0.867. The summed E-state index contributed by atoms with van der Waals surface area (Å²) >= 11 is 1.78. The van der Waals surface area contributed by atoms with Crippen LogP contribution >= 0.6 is 11.3 Å². The van der Waals surface area contributed by atoms with Gasteiger partial charge in [0.2, 0.25) is 5.91 Å². The van der Waals surface area contributed by atoms with E-state index >= 15 is 0 Å². The minimum Gasteiger partial charge on any atom is -0.345 e. The maximum absolute atomic E-state index is 12.3. The van der Waals surface area contributed by atoms with Crippen molar-refractivity contribution in [2.45, 2.75) is 32.6 Å². The average molecular weight is 329 g/mol. The average Bonchev–Trinajstić information content (AvgIpc) is 2.96. The Morgan fingerprint density at radius 1 is 1.26 bits per heavy atom. The van der Waals surface area contributed by atoms with Crippen molar-refractivity contribution in [2.75, 3.05) is 31.1 Å². The Morgan fingerprint density at radius 2 is 2.04 bits per heavy atom. The molecular formula is C18H23N3OS. The summed E-state index contributed by atoms with van der Waals surface area (Å²) in [6.45, 7) is 5.66. The lowest BCUT2D eigenvalue weighted by Crippen LogP contribution is -2.51. The van der Waals surface area contributed by atoms with E-state index in [1.807, 2.05) is 0 Å². The molecule has 0 atom stereocenters. The van der Waals surface area contributed by atoms with Gasteiger partial charge in [-0.2, -0.15) is 0 Å². The Morgan fingerprint density at radius 3 is 2.70 bits per heavy atom. The van der Waals surface area contributed by atoms with Crippen molar-refractivity contribution in [3.63, 3.8) is 0 Å². The number of hydrogen-bond donors (Lipinski definition) is 0. The van der Waals surface area contributed by atoms with Gasteiger partial charge < -0.3 is 9.80 Å². The van der Waals surface area contributed by atoms with Gasteiger partial charge in [-0.15, -0.1) is 0 Å². The van der Waals surface area contributed by atoms with Crippen molar-refractivity contribution in [1.29, 1.82) is 0 Å². The van der Waals surface area contributed by atoms with E-state index in [0.29, 0.717) is 11.8 Å². The molecule has 2 fully saturated rings. The normalized spacial score (nSPS) is 19.2. The lowest BCUT2D eigenvalue weighted by molar-refractivity contribution is -0.138. The number of thiazole rings is 1. The highest BCUT2D eigenvalue weighted by Crippen LogP contribution is 2.31. The van der Waals surface area contributed by atoms with Gasteiger partial charge in [0.15, 0.2) is 5.13 Å². The highest BCUT2D eigenvalue weighted by atomic mass is 32.1. The SMILES string of the molecule is CCc1ccc2nc(N3CCN(C(=O)C4CCC4)CC3)sc2c1. The van der Waals surface area contributed by atoms with E-state index < -0.39 is 0 Å². The second-order valence-electron chi connectivity index (χ2n) is 6.59. The molecule has 4 nitrogen and oxygen atoms in total. The molecule has 23 heavy (non-hydrogen) atoms. The minimum absolute atomic E-state index is 0.316. The van der Waals surface area contributed by atoms with E-state index in [0.717, 1.165) is 56.1 Å². The maximum Gasteiger partial charge on any atom is 0.225 e. The molecule has 4 rings (SSSR count). The monoisotopic (exact) mass is 329 g/mol. The van der Waals surface area contributed by atoms with Crippen LogP contribution in [0.15, 0.2) is 18.2 Å². The molecule has 1 saturated carbocycles. The van der Waals surface area contributed by atoms with E-state index in [4.69, 9.17) is 4.98 Å². The summed E-state index contributed by atoms with van der Waals surface area (Å²) in [7, 11) is 0. The fourth-order valence-corrected chi connectivity index (χ4v) is 4.42. The lowest BCUT2D eigenvalue weighted by atomic mass is 9.84. The van der Waals surface area contributed by atoms with E-state index in [1.165, 1.54) is 16.7 Å². The largest absolute Gasteiger partial charge is 0.345 e. The van der Waals surface area contributed by atoms with Gasteiger partial charge in [-0.3, -0.25) is 4.79 Å². The molecule has 2 heterocycles. The van der Waals surface area contributed by atoms with E-state index in [2.05, 4.69) is 34.9 Å². The van der Waals surface area contributed by atoms with Gasteiger partial charge in [-0.05, 0) is 37.0 Å². The molecule has 0 radical (unpaired) electrons. The summed E-state index contributed by atoms with van der Waals surface area (Å²) in [5.74, 6) is 0.698. The van der Waals surface area contributed by atoms with E-state index in [-0.39, 0.29) is 0 Å². The highest BCUT2D eigenvalue weighted by molar-refractivity contribution is 7.22. The molecule has 2 aromatic rings. The Bertz CT molecular complexity index is 714. The van der Waals surface area contributed by atoms with E-state index in [9.17, 15) is 4.79 Å². The first-order valence-corrected chi connectivity index (χ1v) is 9.49. The van der Waals surface area contributed by atoms with Crippen LogP contribution in [0.4, 0.5) is 5.13 Å². The number of hydrogen-bond acceptors (Lipinski definition) is 4.